The first-order valence-electron chi connectivity index (χ1n) is 5.94. The summed E-state index contributed by atoms with van der Waals surface area (Å²) in [6.45, 7) is 0.616. The molecule has 1 aromatic heterocycles. The molecule has 4 nitrogen and oxygen atoms in total. The number of aromatic nitrogens is 1. The first-order chi connectivity index (χ1) is 8.58. The molecule has 1 aromatic rings. The minimum Gasteiger partial charge on any atom is -0.389 e. The maximum absolute atomic E-state index is 11.0. The molecule has 0 amide bonds. The van der Waals surface area contributed by atoms with Crippen molar-refractivity contribution in [2.75, 3.05) is 23.9 Å². The van der Waals surface area contributed by atoms with Crippen LogP contribution in [0.25, 0.3) is 0 Å². The van der Waals surface area contributed by atoms with Crippen molar-refractivity contribution in [2.45, 2.75) is 19.3 Å². The highest BCUT2D eigenvalue weighted by atomic mass is 32.2. The number of nitrogens with zero attached hydrogens (tertiary/aromatic N) is 1. The third kappa shape index (κ3) is 3.05. The maximum atomic E-state index is 11.0. The smallest absolute Gasteiger partial charge is 0.136 e. The highest BCUT2D eigenvalue weighted by molar-refractivity contribution is 7.84. The van der Waals surface area contributed by atoms with E-state index >= 15 is 0 Å². The summed E-state index contributed by atoms with van der Waals surface area (Å²) in [6.07, 6.45) is 4.90. The first kappa shape index (κ1) is 13.4. The average Bonchev–Trinajstić information content (AvgIpc) is 2.74. The molecule has 98 valence electrons. The molecule has 0 aliphatic heterocycles. The zero-order chi connectivity index (χ0) is 13.1. The lowest BCUT2D eigenvalue weighted by molar-refractivity contribution is 0.687. The molecule has 1 heterocycles. The van der Waals surface area contributed by atoms with Gasteiger partial charge in [0.1, 0.15) is 10.8 Å². The van der Waals surface area contributed by atoms with Crippen LogP contribution in [0.15, 0.2) is 6.07 Å². The van der Waals surface area contributed by atoms with E-state index in [-0.39, 0.29) is 0 Å². The molecule has 0 fully saturated rings. The Labute approximate surface area is 115 Å². The summed E-state index contributed by atoms with van der Waals surface area (Å²) >= 11 is 5.06. The van der Waals surface area contributed by atoms with Crippen LogP contribution in [-0.4, -0.2) is 32.7 Å². The second-order valence-corrected chi connectivity index (χ2v) is 6.41. The van der Waals surface area contributed by atoms with E-state index in [1.807, 2.05) is 6.07 Å². The number of pyridine rings is 1. The van der Waals surface area contributed by atoms with Gasteiger partial charge in [0.2, 0.25) is 0 Å². The molecule has 0 saturated heterocycles. The van der Waals surface area contributed by atoms with Crippen molar-refractivity contribution >= 4 is 33.8 Å². The molecule has 0 aromatic carbocycles. The molecule has 1 aliphatic rings. The van der Waals surface area contributed by atoms with E-state index in [1.54, 1.807) is 6.26 Å². The van der Waals surface area contributed by atoms with Gasteiger partial charge in [-0.3, -0.25) is 4.21 Å². The van der Waals surface area contributed by atoms with E-state index in [1.165, 1.54) is 5.56 Å². The molecule has 2 rings (SSSR count). The second-order valence-electron chi connectivity index (χ2n) is 4.41. The predicted molar refractivity (Wildman–Crippen MR) is 79.6 cm³/mol. The van der Waals surface area contributed by atoms with Crippen LogP contribution in [0.2, 0.25) is 0 Å². The monoisotopic (exact) mass is 283 g/mol. The fourth-order valence-corrected chi connectivity index (χ4v) is 2.65. The Morgan fingerprint density at radius 1 is 1.61 bits per heavy atom. The number of aryl methyl sites for hydroxylation is 2. The van der Waals surface area contributed by atoms with Gasteiger partial charge in [0, 0.05) is 35.0 Å². The van der Waals surface area contributed by atoms with Crippen molar-refractivity contribution in [3.63, 3.8) is 0 Å². The van der Waals surface area contributed by atoms with Gasteiger partial charge in [0.05, 0.1) is 5.56 Å². The molecule has 0 radical (unpaired) electrons. The largest absolute Gasteiger partial charge is 0.389 e. The Morgan fingerprint density at radius 2 is 2.39 bits per heavy atom. The molecule has 1 atom stereocenters. The van der Waals surface area contributed by atoms with Crippen LogP contribution < -0.4 is 11.1 Å². The number of rotatable bonds is 5. The lowest BCUT2D eigenvalue weighted by Crippen LogP contribution is -2.18. The fourth-order valence-electron chi connectivity index (χ4n) is 2.11. The lowest BCUT2D eigenvalue weighted by Gasteiger charge is -2.12. The topological polar surface area (TPSA) is 68.0 Å². The maximum Gasteiger partial charge on any atom is 0.136 e. The van der Waals surface area contributed by atoms with Crippen molar-refractivity contribution in [1.29, 1.82) is 0 Å². The third-order valence-corrected chi connectivity index (χ3v) is 4.00. The number of hydrogen-bond donors (Lipinski definition) is 2. The van der Waals surface area contributed by atoms with E-state index in [4.69, 9.17) is 18.0 Å². The Kier molecular flexibility index (Phi) is 4.29. The first-order valence-corrected chi connectivity index (χ1v) is 8.08. The Hall–Kier alpha value is -1.01. The number of thiocarbonyl (C=S) groups is 1. The highest BCUT2D eigenvalue weighted by Crippen LogP contribution is 2.25. The minimum absolute atomic E-state index is 0.359. The summed E-state index contributed by atoms with van der Waals surface area (Å²) < 4.78 is 11.0. The van der Waals surface area contributed by atoms with Gasteiger partial charge in [-0.15, -0.1) is 0 Å². The number of nitrogens with one attached hydrogen (secondary N) is 1. The summed E-state index contributed by atoms with van der Waals surface area (Å²) in [5.41, 5.74) is 8.92. The van der Waals surface area contributed by atoms with E-state index in [2.05, 4.69) is 10.3 Å². The predicted octanol–water partition coefficient (Wildman–Crippen LogP) is 0.995. The summed E-state index contributed by atoms with van der Waals surface area (Å²) in [7, 11) is -0.810. The molecule has 0 bridgehead atoms. The van der Waals surface area contributed by atoms with Crippen LogP contribution in [-0.2, 0) is 23.6 Å². The van der Waals surface area contributed by atoms with Gasteiger partial charge in [0.25, 0.3) is 0 Å². The molecule has 1 aliphatic carbocycles. The van der Waals surface area contributed by atoms with Crippen molar-refractivity contribution in [3.05, 3.63) is 22.9 Å². The fraction of sp³-hybridized carbons (Fsp3) is 0.500. The summed E-state index contributed by atoms with van der Waals surface area (Å²) in [4.78, 5) is 4.95. The minimum atomic E-state index is -0.810. The van der Waals surface area contributed by atoms with Gasteiger partial charge < -0.3 is 11.1 Å². The average molecular weight is 283 g/mol. The van der Waals surface area contributed by atoms with Crippen LogP contribution >= 0.6 is 12.2 Å². The van der Waals surface area contributed by atoms with Gasteiger partial charge in [-0.2, -0.15) is 0 Å². The molecular formula is C12H17N3OS2. The van der Waals surface area contributed by atoms with Crippen LogP contribution in [0.1, 0.15) is 23.2 Å². The van der Waals surface area contributed by atoms with E-state index in [0.717, 1.165) is 36.3 Å². The quantitative estimate of drug-likeness (QED) is 0.789. The van der Waals surface area contributed by atoms with Gasteiger partial charge in [-0.1, -0.05) is 12.2 Å². The third-order valence-electron chi connectivity index (χ3n) is 3.00. The van der Waals surface area contributed by atoms with E-state index < -0.39 is 10.8 Å². The summed E-state index contributed by atoms with van der Waals surface area (Å²) in [6, 6.07) is 2.04. The van der Waals surface area contributed by atoms with Crippen LogP contribution in [0.3, 0.4) is 0 Å². The van der Waals surface area contributed by atoms with Gasteiger partial charge >= 0.3 is 0 Å². The van der Waals surface area contributed by atoms with Gasteiger partial charge in [-0.25, -0.2) is 4.98 Å². The van der Waals surface area contributed by atoms with Crippen LogP contribution in [0.4, 0.5) is 5.82 Å². The number of nitrogens with two attached hydrogens (primary N) is 1. The van der Waals surface area contributed by atoms with Gasteiger partial charge in [0.15, 0.2) is 0 Å². The van der Waals surface area contributed by atoms with E-state index in [0.29, 0.717) is 17.3 Å². The van der Waals surface area contributed by atoms with Crippen molar-refractivity contribution in [2.24, 2.45) is 5.73 Å². The molecular weight excluding hydrogens is 266 g/mol. The lowest BCUT2D eigenvalue weighted by atomic mass is 10.1. The molecule has 0 spiro atoms. The Balaban J connectivity index is 2.21. The zero-order valence-electron chi connectivity index (χ0n) is 10.4. The SMILES string of the molecule is CS(=O)CCNc1nc2c(cc1C(N)=S)CCC2. The number of fused-ring (bicyclic) bond motifs is 1. The van der Waals surface area contributed by atoms with Crippen molar-refractivity contribution in [1.82, 2.24) is 4.98 Å². The Morgan fingerprint density at radius 3 is 3.06 bits per heavy atom. The van der Waals surface area contributed by atoms with Crippen LogP contribution in [0.5, 0.6) is 0 Å². The second kappa shape index (κ2) is 5.75. The summed E-state index contributed by atoms with van der Waals surface area (Å²) in [5, 5.41) is 3.18. The Bertz CT molecular complexity index is 502. The number of anilines is 1. The summed E-state index contributed by atoms with van der Waals surface area (Å²) in [5.74, 6) is 1.32. The van der Waals surface area contributed by atoms with Crippen molar-refractivity contribution < 1.29 is 4.21 Å². The molecule has 1 unspecified atom stereocenters. The molecule has 18 heavy (non-hydrogen) atoms. The molecule has 0 saturated carbocycles. The van der Waals surface area contributed by atoms with Gasteiger partial charge in [-0.05, 0) is 30.9 Å². The normalized spacial score (nSPS) is 15.2. The van der Waals surface area contributed by atoms with Crippen LogP contribution in [0, 0.1) is 0 Å². The van der Waals surface area contributed by atoms with E-state index in [9.17, 15) is 4.21 Å². The number of hydrogen-bond acceptors (Lipinski definition) is 4. The van der Waals surface area contributed by atoms with Crippen molar-refractivity contribution in [3.8, 4) is 0 Å². The highest BCUT2D eigenvalue weighted by Gasteiger charge is 2.17. The molecule has 3 N–H and O–H groups in total. The zero-order valence-corrected chi connectivity index (χ0v) is 12.0. The molecule has 6 heteroatoms. The standard InChI is InChI=1S/C12H17N3OS2/c1-18(16)6-5-14-12-9(11(13)17)7-8-3-2-4-10(8)15-12/h7H,2-6H2,1H3,(H2,13,17)(H,14,15).